The molecule has 2 heterocycles. The molecule has 0 aromatic heterocycles. The van der Waals surface area contributed by atoms with Gasteiger partial charge in [0.25, 0.3) is 0 Å². The summed E-state index contributed by atoms with van der Waals surface area (Å²) in [6, 6.07) is 1.27. The average Bonchev–Trinajstić information content (AvgIpc) is 2.56. The van der Waals surface area contributed by atoms with Crippen molar-refractivity contribution in [2.24, 2.45) is 11.8 Å². The first kappa shape index (κ1) is 7.63. The van der Waals surface area contributed by atoms with Crippen LogP contribution in [0.3, 0.4) is 0 Å². The van der Waals surface area contributed by atoms with E-state index >= 15 is 0 Å². The zero-order chi connectivity index (χ0) is 8.67. The van der Waals surface area contributed by atoms with Crippen molar-refractivity contribution in [2.45, 2.75) is 24.9 Å². The van der Waals surface area contributed by atoms with Gasteiger partial charge in [0.2, 0.25) is 0 Å². The fourth-order valence-corrected chi connectivity index (χ4v) is 2.98. The minimum absolute atomic E-state index is 0.624. The van der Waals surface area contributed by atoms with E-state index in [9.17, 15) is 0 Å². The predicted molar refractivity (Wildman–Crippen MR) is 53.2 cm³/mol. The SMILES string of the molecule is C1=CC2N[C@@H]3C=CNC[C@H]3C2CC1. The highest BCUT2D eigenvalue weighted by atomic mass is 15.0. The molecule has 0 spiro atoms. The van der Waals surface area contributed by atoms with Crippen LogP contribution in [0.5, 0.6) is 0 Å². The highest BCUT2D eigenvalue weighted by Crippen LogP contribution is 2.35. The quantitative estimate of drug-likeness (QED) is 0.539. The molecule has 2 aliphatic heterocycles. The fourth-order valence-electron chi connectivity index (χ4n) is 2.98. The topological polar surface area (TPSA) is 24.1 Å². The zero-order valence-electron chi connectivity index (χ0n) is 7.74. The van der Waals surface area contributed by atoms with E-state index in [2.05, 4.69) is 35.1 Å². The molecular formula is C11H16N2. The molecule has 0 radical (unpaired) electrons. The third-order valence-corrected chi connectivity index (χ3v) is 3.64. The molecule has 3 rings (SSSR count). The van der Waals surface area contributed by atoms with Gasteiger partial charge in [0.05, 0.1) is 0 Å². The molecule has 0 saturated carbocycles. The van der Waals surface area contributed by atoms with E-state index in [1.54, 1.807) is 0 Å². The van der Waals surface area contributed by atoms with E-state index in [1.807, 2.05) is 0 Å². The lowest BCUT2D eigenvalue weighted by molar-refractivity contribution is 0.333. The fraction of sp³-hybridized carbons (Fsp3) is 0.636. The van der Waals surface area contributed by atoms with Crippen molar-refractivity contribution in [1.82, 2.24) is 10.6 Å². The summed E-state index contributed by atoms with van der Waals surface area (Å²) < 4.78 is 0. The van der Waals surface area contributed by atoms with Gasteiger partial charge >= 0.3 is 0 Å². The standard InChI is InChI=1S/C11H16N2/c1-2-4-10-8(3-1)9-7-12-6-5-11(9)13-10/h2,4-6,8-13H,1,3,7H2/t8?,9-,10?,11+/m0/s1. The van der Waals surface area contributed by atoms with Crippen molar-refractivity contribution >= 4 is 0 Å². The molecule has 3 aliphatic rings. The number of rotatable bonds is 0. The van der Waals surface area contributed by atoms with Gasteiger partial charge in [0.15, 0.2) is 0 Å². The van der Waals surface area contributed by atoms with E-state index < -0.39 is 0 Å². The summed E-state index contributed by atoms with van der Waals surface area (Å²) in [4.78, 5) is 0. The first-order valence-electron chi connectivity index (χ1n) is 5.28. The molecule has 0 bridgehead atoms. The second-order valence-corrected chi connectivity index (χ2v) is 4.32. The van der Waals surface area contributed by atoms with E-state index in [4.69, 9.17) is 0 Å². The molecule has 2 unspecified atom stereocenters. The van der Waals surface area contributed by atoms with Crippen molar-refractivity contribution in [3.63, 3.8) is 0 Å². The Hall–Kier alpha value is -0.760. The first-order valence-corrected chi connectivity index (χ1v) is 5.28. The maximum atomic E-state index is 3.68. The second-order valence-electron chi connectivity index (χ2n) is 4.32. The zero-order valence-corrected chi connectivity index (χ0v) is 7.74. The summed E-state index contributed by atoms with van der Waals surface area (Å²) >= 11 is 0. The maximum absolute atomic E-state index is 3.68. The number of hydrogen-bond donors (Lipinski definition) is 2. The van der Waals surface area contributed by atoms with Gasteiger partial charge < -0.3 is 10.6 Å². The molecular weight excluding hydrogens is 160 g/mol. The van der Waals surface area contributed by atoms with Gasteiger partial charge in [-0.1, -0.05) is 18.2 Å². The minimum Gasteiger partial charge on any atom is -0.391 e. The van der Waals surface area contributed by atoms with Crippen LogP contribution in [0.4, 0.5) is 0 Å². The Morgan fingerprint density at radius 3 is 3.00 bits per heavy atom. The van der Waals surface area contributed by atoms with Crippen LogP contribution in [0.1, 0.15) is 12.8 Å². The van der Waals surface area contributed by atoms with Crippen molar-refractivity contribution in [3.8, 4) is 0 Å². The van der Waals surface area contributed by atoms with Gasteiger partial charge in [0.1, 0.15) is 0 Å². The van der Waals surface area contributed by atoms with Crippen LogP contribution in [-0.2, 0) is 0 Å². The monoisotopic (exact) mass is 176 g/mol. The number of allylic oxidation sites excluding steroid dienone is 1. The van der Waals surface area contributed by atoms with E-state index in [-0.39, 0.29) is 0 Å². The second kappa shape index (κ2) is 2.88. The van der Waals surface area contributed by atoms with Crippen LogP contribution >= 0.6 is 0 Å². The number of nitrogens with one attached hydrogen (secondary N) is 2. The molecule has 1 saturated heterocycles. The van der Waals surface area contributed by atoms with Crippen LogP contribution in [-0.4, -0.2) is 18.6 Å². The summed E-state index contributed by atoms with van der Waals surface area (Å²) in [5.41, 5.74) is 0. The van der Waals surface area contributed by atoms with Gasteiger partial charge in [-0.25, -0.2) is 0 Å². The molecule has 4 atom stereocenters. The Bertz CT molecular complexity index is 231. The van der Waals surface area contributed by atoms with E-state index in [1.165, 1.54) is 12.8 Å². The summed E-state index contributed by atoms with van der Waals surface area (Å²) in [7, 11) is 0. The Morgan fingerprint density at radius 2 is 2.00 bits per heavy atom. The summed E-state index contributed by atoms with van der Waals surface area (Å²) in [5, 5.41) is 7.03. The van der Waals surface area contributed by atoms with Gasteiger partial charge in [-0.05, 0) is 30.9 Å². The molecule has 13 heavy (non-hydrogen) atoms. The number of fused-ring (bicyclic) bond motifs is 3. The predicted octanol–water partition coefficient (Wildman–Crippen LogP) is 1.03. The van der Waals surface area contributed by atoms with Crippen molar-refractivity contribution in [1.29, 1.82) is 0 Å². The van der Waals surface area contributed by atoms with Crippen molar-refractivity contribution in [3.05, 3.63) is 24.4 Å². The lowest BCUT2D eigenvalue weighted by Crippen LogP contribution is -2.36. The van der Waals surface area contributed by atoms with Crippen LogP contribution in [0.25, 0.3) is 0 Å². The smallest absolute Gasteiger partial charge is 0.0320 e. The Morgan fingerprint density at radius 1 is 1.08 bits per heavy atom. The largest absolute Gasteiger partial charge is 0.391 e. The molecule has 2 N–H and O–H groups in total. The highest BCUT2D eigenvalue weighted by molar-refractivity contribution is 5.16. The normalized spacial score (nSPS) is 46.8. The minimum atomic E-state index is 0.624. The van der Waals surface area contributed by atoms with Gasteiger partial charge in [-0.15, -0.1) is 0 Å². The Labute approximate surface area is 79.1 Å². The molecule has 2 heteroatoms. The molecule has 70 valence electrons. The highest BCUT2D eigenvalue weighted by Gasteiger charge is 2.41. The van der Waals surface area contributed by atoms with Crippen LogP contribution in [0.2, 0.25) is 0 Å². The summed E-state index contributed by atoms with van der Waals surface area (Å²) in [5.74, 6) is 1.69. The lowest BCUT2D eigenvalue weighted by atomic mass is 9.80. The molecule has 1 fully saturated rings. The van der Waals surface area contributed by atoms with Crippen molar-refractivity contribution in [2.75, 3.05) is 6.54 Å². The van der Waals surface area contributed by atoms with Crippen molar-refractivity contribution < 1.29 is 0 Å². The molecule has 0 amide bonds. The van der Waals surface area contributed by atoms with Crippen LogP contribution < -0.4 is 10.6 Å². The molecule has 0 aromatic rings. The van der Waals surface area contributed by atoms with Gasteiger partial charge in [-0.3, -0.25) is 0 Å². The average molecular weight is 176 g/mol. The first-order chi connectivity index (χ1) is 6.45. The molecule has 2 nitrogen and oxygen atoms in total. The summed E-state index contributed by atoms with van der Waals surface area (Å²) in [6.45, 7) is 1.16. The Kier molecular flexibility index (Phi) is 1.69. The van der Waals surface area contributed by atoms with Gasteiger partial charge in [0, 0.05) is 18.6 Å². The molecule has 0 aromatic carbocycles. The van der Waals surface area contributed by atoms with E-state index in [0.717, 1.165) is 18.4 Å². The van der Waals surface area contributed by atoms with Crippen LogP contribution in [0.15, 0.2) is 24.4 Å². The maximum Gasteiger partial charge on any atom is 0.0320 e. The third-order valence-electron chi connectivity index (χ3n) is 3.64. The van der Waals surface area contributed by atoms with Gasteiger partial charge in [-0.2, -0.15) is 0 Å². The molecule has 1 aliphatic carbocycles. The number of hydrogen-bond acceptors (Lipinski definition) is 2. The van der Waals surface area contributed by atoms with E-state index in [0.29, 0.717) is 12.1 Å². The Balaban J connectivity index is 1.87. The summed E-state index contributed by atoms with van der Waals surface area (Å²) in [6.07, 6.45) is 11.7. The van der Waals surface area contributed by atoms with Crippen LogP contribution in [0, 0.1) is 11.8 Å². The lowest BCUT2D eigenvalue weighted by Gasteiger charge is -2.27. The third kappa shape index (κ3) is 1.12.